The summed E-state index contributed by atoms with van der Waals surface area (Å²) in [5.41, 5.74) is 0.443. The Labute approximate surface area is 160 Å². The Hall–Kier alpha value is -2.77. The number of piperazine rings is 1. The lowest BCUT2D eigenvalue weighted by Gasteiger charge is -2.34. The molecule has 1 fully saturated rings. The number of rotatable bonds is 6. The number of aryl methyl sites for hydroxylation is 1. The topological polar surface area (TPSA) is 87.1 Å². The van der Waals surface area contributed by atoms with Gasteiger partial charge >= 0.3 is 0 Å². The molecule has 1 aliphatic rings. The number of nitrogens with zero attached hydrogens (tertiary/aromatic N) is 6. The Morgan fingerprint density at radius 1 is 1.15 bits per heavy atom. The molecule has 1 N–H and O–H groups in total. The van der Waals surface area contributed by atoms with E-state index in [9.17, 15) is 4.79 Å². The van der Waals surface area contributed by atoms with Crippen LogP contribution in [0.5, 0.6) is 0 Å². The molecular formula is C19H27N7O. The Balaban J connectivity index is 1.61. The van der Waals surface area contributed by atoms with Crippen molar-refractivity contribution in [3.05, 3.63) is 36.0 Å². The largest absolute Gasteiger partial charge is 0.370 e. The van der Waals surface area contributed by atoms with Crippen LogP contribution in [-0.2, 0) is 0 Å². The molecule has 0 bridgehead atoms. The van der Waals surface area contributed by atoms with E-state index in [1.54, 1.807) is 24.5 Å². The zero-order chi connectivity index (χ0) is 19.2. The standard InChI is InChI=1S/C19H27N7O/c1-14(2)5-8-20-17-13-16(23-15(3)24-17)18(27)25-9-11-26(12-10-25)19-21-6-4-7-22-19/h4,6-7,13-14H,5,8-12H2,1-3H3,(H,20,23,24). The van der Waals surface area contributed by atoms with Crippen molar-refractivity contribution in [2.24, 2.45) is 5.92 Å². The lowest BCUT2D eigenvalue weighted by Crippen LogP contribution is -2.49. The minimum Gasteiger partial charge on any atom is -0.370 e. The first-order valence-corrected chi connectivity index (χ1v) is 9.43. The van der Waals surface area contributed by atoms with E-state index in [1.807, 2.05) is 11.8 Å². The number of nitrogens with one attached hydrogen (secondary N) is 1. The fraction of sp³-hybridized carbons (Fsp3) is 0.526. The van der Waals surface area contributed by atoms with Gasteiger partial charge in [0.1, 0.15) is 17.3 Å². The van der Waals surface area contributed by atoms with Gasteiger partial charge in [0.15, 0.2) is 0 Å². The van der Waals surface area contributed by atoms with Crippen LogP contribution in [0.4, 0.5) is 11.8 Å². The van der Waals surface area contributed by atoms with Gasteiger partial charge in [-0.3, -0.25) is 4.79 Å². The third-order valence-corrected chi connectivity index (χ3v) is 4.49. The summed E-state index contributed by atoms with van der Waals surface area (Å²) in [6.45, 7) is 9.67. The van der Waals surface area contributed by atoms with Crippen molar-refractivity contribution in [1.29, 1.82) is 0 Å². The van der Waals surface area contributed by atoms with Crippen LogP contribution >= 0.6 is 0 Å². The molecule has 0 radical (unpaired) electrons. The number of anilines is 2. The highest BCUT2D eigenvalue weighted by Crippen LogP contribution is 2.14. The minimum absolute atomic E-state index is 0.0546. The van der Waals surface area contributed by atoms with E-state index < -0.39 is 0 Å². The molecule has 144 valence electrons. The summed E-state index contributed by atoms with van der Waals surface area (Å²) in [5, 5.41) is 3.30. The van der Waals surface area contributed by atoms with Gasteiger partial charge in [0.25, 0.3) is 5.91 Å². The molecule has 2 aromatic heterocycles. The van der Waals surface area contributed by atoms with Crippen molar-refractivity contribution >= 4 is 17.7 Å². The predicted molar refractivity (Wildman–Crippen MR) is 105 cm³/mol. The maximum Gasteiger partial charge on any atom is 0.272 e. The molecule has 0 aromatic carbocycles. The van der Waals surface area contributed by atoms with Crippen LogP contribution < -0.4 is 10.2 Å². The zero-order valence-corrected chi connectivity index (χ0v) is 16.2. The molecule has 27 heavy (non-hydrogen) atoms. The predicted octanol–water partition coefficient (Wildman–Crippen LogP) is 2.00. The zero-order valence-electron chi connectivity index (χ0n) is 16.2. The SMILES string of the molecule is Cc1nc(NCCC(C)C)cc(C(=O)N2CCN(c3ncccn3)CC2)n1. The fourth-order valence-corrected chi connectivity index (χ4v) is 2.98. The van der Waals surface area contributed by atoms with Crippen molar-refractivity contribution in [3.8, 4) is 0 Å². The van der Waals surface area contributed by atoms with Gasteiger partial charge < -0.3 is 15.1 Å². The van der Waals surface area contributed by atoms with E-state index >= 15 is 0 Å². The van der Waals surface area contributed by atoms with E-state index in [0.29, 0.717) is 55.4 Å². The molecule has 3 heterocycles. The average Bonchev–Trinajstić information content (AvgIpc) is 2.67. The monoisotopic (exact) mass is 369 g/mol. The Kier molecular flexibility index (Phi) is 6.16. The number of carbonyl (C=O) groups is 1. The molecule has 0 unspecified atom stereocenters. The van der Waals surface area contributed by atoms with Crippen LogP contribution in [0, 0.1) is 12.8 Å². The second-order valence-electron chi connectivity index (χ2n) is 7.12. The third kappa shape index (κ3) is 5.12. The lowest BCUT2D eigenvalue weighted by atomic mass is 10.1. The molecule has 3 rings (SSSR count). The molecule has 1 aliphatic heterocycles. The molecule has 0 atom stereocenters. The van der Waals surface area contributed by atoms with Crippen LogP contribution in [0.1, 0.15) is 36.6 Å². The Bertz CT molecular complexity index is 758. The van der Waals surface area contributed by atoms with Gasteiger partial charge in [-0.2, -0.15) is 0 Å². The van der Waals surface area contributed by atoms with Crippen molar-refractivity contribution in [2.75, 3.05) is 42.9 Å². The van der Waals surface area contributed by atoms with Gasteiger partial charge in [0.05, 0.1) is 0 Å². The summed E-state index contributed by atoms with van der Waals surface area (Å²) < 4.78 is 0. The van der Waals surface area contributed by atoms with E-state index in [4.69, 9.17) is 0 Å². The minimum atomic E-state index is -0.0546. The van der Waals surface area contributed by atoms with E-state index in [0.717, 1.165) is 13.0 Å². The molecule has 1 amide bonds. The second kappa shape index (κ2) is 8.75. The van der Waals surface area contributed by atoms with Gasteiger partial charge in [-0.1, -0.05) is 13.8 Å². The van der Waals surface area contributed by atoms with Crippen LogP contribution in [0.2, 0.25) is 0 Å². The average molecular weight is 369 g/mol. The summed E-state index contributed by atoms with van der Waals surface area (Å²) in [6.07, 6.45) is 4.52. The molecule has 0 saturated carbocycles. The summed E-state index contributed by atoms with van der Waals surface area (Å²) in [4.78, 5) is 34.1. The highest BCUT2D eigenvalue weighted by molar-refractivity contribution is 5.93. The maximum atomic E-state index is 12.9. The lowest BCUT2D eigenvalue weighted by molar-refractivity contribution is 0.0740. The first kappa shape index (κ1) is 19.0. The second-order valence-corrected chi connectivity index (χ2v) is 7.12. The molecule has 8 heteroatoms. The van der Waals surface area contributed by atoms with Crippen molar-refractivity contribution in [1.82, 2.24) is 24.8 Å². The van der Waals surface area contributed by atoms with Gasteiger partial charge in [0.2, 0.25) is 5.95 Å². The summed E-state index contributed by atoms with van der Waals surface area (Å²) in [5.74, 6) is 2.58. The smallest absolute Gasteiger partial charge is 0.272 e. The first-order chi connectivity index (χ1) is 13.0. The molecule has 0 aliphatic carbocycles. The number of aromatic nitrogens is 4. The van der Waals surface area contributed by atoms with Crippen LogP contribution in [0.15, 0.2) is 24.5 Å². The normalized spacial score (nSPS) is 14.5. The van der Waals surface area contributed by atoms with Crippen LogP contribution in [-0.4, -0.2) is 63.5 Å². The van der Waals surface area contributed by atoms with Gasteiger partial charge in [0, 0.05) is 51.2 Å². The summed E-state index contributed by atoms with van der Waals surface area (Å²) in [6, 6.07) is 3.55. The van der Waals surface area contributed by atoms with E-state index in [1.165, 1.54) is 0 Å². The van der Waals surface area contributed by atoms with E-state index in [-0.39, 0.29) is 5.91 Å². The highest BCUT2D eigenvalue weighted by atomic mass is 16.2. The number of carbonyl (C=O) groups excluding carboxylic acids is 1. The molecule has 0 spiro atoms. The fourth-order valence-electron chi connectivity index (χ4n) is 2.98. The van der Waals surface area contributed by atoms with Gasteiger partial charge in [-0.15, -0.1) is 0 Å². The maximum absolute atomic E-state index is 12.9. The Morgan fingerprint density at radius 3 is 2.52 bits per heavy atom. The molecule has 2 aromatic rings. The number of hydrogen-bond donors (Lipinski definition) is 1. The Morgan fingerprint density at radius 2 is 1.85 bits per heavy atom. The quantitative estimate of drug-likeness (QED) is 0.833. The highest BCUT2D eigenvalue weighted by Gasteiger charge is 2.24. The van der Waals surface area contributed by atoms with Crippen molar-refractivity contribution in [2.45, 2.75) is 27.2 Å². The molecule has 1 saturated heterocycles. The van der Waals surface area contributed by atoms with Crippen molar-refractivity contribution < 1.29 is 4.79 Å². The van der Waals surface area contributed by atoms with Crippen LogP contribution in [0.3, 0.4) is 0 Å². The first-order valence-electron chi connectivity index (χ1n) is 9.43. The molecule has 8 nitrogen and oxygen atoms in total. The van der Waals surface area contributed by atoms with Crippen molar-refractivity contribution in [3.63, 3.8) is 0 Å². The summed E-state index contributed by atoms with van der Waals surface area (Å²) >= 11 is 0. The van der Waals surface area contributed by atoms with Gasteiger partial charge in [-0.05, 0) is 25.3 Å². The number of hydrogen-bond acceptors (Lipinski definition) is 7. The van der Waals surface area contributed by atoms with Crippen LogP contribution in [0.25, 0.3) is 0 Å². The third-order valence-electron chi connectivity index (χ3n) is 4.49. The van der Waals surface area contributed by atoms with Gasteiger partial charge in [-0.25, -0.2) is 19.9 Å². The molecular weight excluding hydrogens is 342 g/mol. The van der Waals surface area contributed by atoms with E-state index in [2.05, 4.69) is 44.0 Å². The number of amides is 1. The summed E-state index contributed by atoms with van der Waals surface area (Å²) in [7, 11) is 0.